The second-order valence-electron chi connectivity index (χ2n) is 4.06. The highest BCUT2D eigenvalue weighted by Crippen LogP contribution is 2.20. The van der Waals surface area contributed by atoms with E-state index in [2.05, 4.69) is 0 Å². The first-order chi connectivity index (χ1) is 7.95. The Balaban J connectivity index is 2.69. The molecule has 1 fully saturated rings. The lowest BCUT2D eigenvalue weighted by atomic mass is 9.99. The summed E-state index contributed by atoms with van der Waals surface area (Å²) in [4.78, 5) is 23.1. The number of nitrogens with zero attached hydrogens (tertiary/aromatic N) is 3. The van der Waals surface area contributed by atoms with Crippen LogP contribution >= 0.6 is 0 Å². The minimum atomic E-state index is -1.03. The molecule has 1 heterocycles. The number of likely N-dealkylation sites (tertiary alicyclic amines) is 1. The molecule has 2 unspecified atom stereocenters. The van der Waals surface area contributed by atoms with E-state index in [1.54, 1.807) is 0 Å². The van der Waals surface area contributed by atoms with E-state index < -0.39 is 24.0 Å². The number of nitriles is 1. The highest BCUT2D eigenvalue weighted by atomic mass is 16.5. The molecule has 0 aromatic rings. The first-order valence-electron chi connectivity index (χ1n) is 5.29. The molecule has 1 saturated heterocycles. The topological polar surface area (TPSA) is 105 Å². The summed E-state index contributed by atoms with van der Waals surface area (Å²) >= 11 is 0. The number of hydroxylamine groups is 2. The van der Waals surface area contributed by atoms with Crippen molar-refractivity contribution < 1.29 is 19.9 Å². The predicted molar refractivity (Wildman–Crippen MR) is 55.9 cm³/mol. The van der Waals surface area contributed by atoms with Gasteiger partial charge < -0.3 is 5.11 Å². The van der Waals surface area contributed by atoms with Crippen LogP contribution in [-0.4, -0.2) is 57.3 Å². The smallest absolute Gasteiger partial charge is 0.317 e. The molecule has 0 spiro atoms. The van der Waals surface area contributed by atoms with Crippen LogP contribution in [0.25, 0.3) is 0 Å². The van der Waals surface area contributed by atoms with E-state index in [1.807, 2.05) is 6.07 Å². The van der Waals surface area contributed by atoms with Gasteiger partial charge in [-0.2, -0.15) is 5.26 Å². The summed E-state index contributed by atoms with van der Waals surface area (Å²) in [5, 5.41) is 27.7. The molecule has 17 heavy (non-hydrogen) atoms. The molecule has 1 amide bonds. The molecular formula is C10H15N3O4. The summed E-state index contributed by atoms with van der Waals surface area (Å²) in [6.45, 7) is 1.17. The van der Waals surface area contributed by atoms with Gasteiger partial charge in [0.1, 0.15) is 0 Å². The van der Waals surface area contributed by atoms with Crippen LogP contribution in [0, 0.1) is 11.3 Å². The van der Waals surface area contributed by atoms with Crippen molar-refractivity contribution >= 4 is 11.9 Å². The van der Waals surface area contributed by atoms with Gasteiger partial charge in [-0.1, -0.05) is 0 Å². The first-order valence-corrected chi connectivity index (χ1v) is 5.29. The van der Waals surface area contributed by atoms with Gasteiger partial charge in [-0.25, -0.2) is 5.06 Å². The quantitative estimate of drug-likeness (QED) is 0.517. The third-order valence-corrected chi connectivity index (χ3v) is 2.82. The fourth-order valence-corrected chi connectivity index (χ4v) is 1.97. The van der Waals surface area contributed by atoms with Crippen LogP contribution in [0.3, 0.4) is 0 Å². The van der Waals surface area contributed by atoms with Gasteiger partial charge in [0, 0.05) is 13.5 Å². The molecule has 0 aromatic carbocycles. The lowest BCUT2D eigenvalue weighted by molar-refractivity contribution is -0.178. The van der Waals surface area contributed by atoms with Crippen LogP contribution in [0.15, 0.2) is 0 Å². The monoisotopic (exact) mass is 241 g/mol. The van der Waals surface area contributed by atoms with E-state index in [4.69, 9.17) is 10.4 Å². The van der Waals surface area contributed by atoms with Crippen LogP contribution in [0.2, 0.25) is 0 Å². The summed E-state index contributed by atoms with van der Waals surface area (Å²) in [5.41, 5.74) is 0. The molecule has 1 aliphatic heterocycles. The average Bonchev–Trinajstić information content (AvgIpc) is 2.27. The number of carboxylic acid groups (broad SMARTS) is 1. The third-order valence-electron chi connectivity index (χ3n) is 2.82. The number of aliphatic carboxylic acids is 1. The van der Waals surface area contributed by atoms with Gasteiger partial charge in [0.25, 0.3) is 0 Å². The van der Waals surface area contributed by atoms with Gasteiger partial charge in [-0.05, 0) is 12.8 Å². The van der Waals surface area contributed by atoms with Gasteiger partial charge in [-0.3, -0.25) is 19.7 Å². The number of rotatable bonds is 3. The average molecular weight is 241 g/mol. The van der Waals surface area contributed by atoms with Crippen molar-refractivity contribution in [3.8, 4) is 6.07 Å². The normalized spacial score (nSPS) is 25.0. The lowest BCUT2D eigenvalue weighted by Crippen LogP contribution is -2.53. The molecule has 0 aromatic heterocycles. The second-order valence-corrected chi connectivity index (χ2v) is 4.06. The van der Waals surface area contributed by atoms with Gasteiger partial charge in [0.15, 0.2) is 0 Å². The van der Waals surface area contributed by atoms with Gasteiger partial charge in [0.05, 0.1) is 24.7 Å². The number of hydrogen-bond acceptors (Lipinski definition) is 5. The molecular weight excluding hydrogens is 226 g/mol. The van der Waals surface area contributed by atoms with E-state index in [0.29, 0.717) is 17.9 Å². The maximum atomic E-state index is 11.0. The fraction of sp³-hybridized carbons (Fsp3) is 0.700. The Labute approximate surface area is 98.8 Å². The van der Waals surface area contributed by atoms with Crippen LogP contribution in [-0.2, 0) is 9.59 Å². The van der Waals surface area contributed by atoms with E-state index in [0.717, 1.165) is 0 Å². The van der Waals surface area contributed by atoms with Crippen molar-refractivity contribution in [2.45, 2.75) is 31.8 Å². The number of piperidine rings is 1. The van der Waals surface area contributed by atoms with E-state index in [1.165, 1.54) is 11.8 Å². The highest BCUT2D eigenvalue weighted by molar-refractivity contribution is 5.72. The van der Waals surface area contributed by atoms with Crippen molar-refractivity contribution in [2.24, 2.45) is 0 Å². The Hall–Kier alpha value is -1.65. The zero-order valence-corrected chi connectivity index (χ0v) is 9.54. The van der Waals surface area contributed by atoms with Crippen LogP contribution in [0.1, 0.15) is 19.8 Å². The Morgan fingerprint density at radius 1 is 1.53 bits per heavy atom. The maximum absolute atomic E-state index is 11.0. The van der Waals surface area contributed by atoms with Gasteiger partial charge in [0.2, 0.25) is 5.91 Å². The minimum absolute atomic E-state index is 0.195. The van der Waals surface area contributed by atoms with Crippen LogP contribution in [0.5, 0.6) is 0 Å². The van der Waals surface area contributed by atoms with Crippen LogP contribution in [0.4, 0.5) is 0 Å². The molecule has 1 aliphatic rings. The number of amides is 1. The minimum Gasteiger partial charge on any atom is -0.480 e. The van der Waals surface area contributed by atoms with E-state index >= 15 is 0 Å². The Kier molecular flexibility index (Phi) is 4.43. The van der Waals surface area contributed by atoms with Gasteiger partial charge >= 0.3 is 5.97 Å². The predicted octanol–water partition coefficient (Wildman–Crippen LogP) is -0.335. The highest BCUT2D eigenvalue weighted by Gasteiger charge is 2.33. The molecule has 0 bridgehead atoms. The van der Waals surface area contributed by atoms with Crippen molar-refractivity contribution in [3.63, 3.8) is 0 Å². The lowest BCUT2D eigenvalue weighted by Gasteiger charge is -2.37. The van der Waals surface area contributed by atoms with E-state index in [-0.39, 0.29) is 13.1 Å². The van der Waals surface area contributed by atoms with Crippen LogP contribution < -0.4 is 0 Å². The summed E-state index contributed by atoms with van der Waals surface area (Å²) in [5.74, 6) is -1.51. The van der Waals surface area contributed by atoms with E-state index in [9.17, 15) is 14.8 Å². The summed E-state index contributed by atoms with van der Waals surface area (Å²) in [7, 11) is 0. The van der Waals surface area contributed by atoms with Gasteiger partial charge in [-0.15, -0.1) is 0 Å². The largest absolute Gasteiger partial charge is 0.480 e. The summed E-state index contributed by atoms with van der Waals surface area (Å²) in [6.07, 6.45) is 0.934. The molecule has 2 N–H and O–H groups in total. The Morgan fingerprint density at radius 2 is 2.18 bits per heavy atom. The third kappa shape index (κ3) is 3.41. The fourth-order valence-electron chi connectivity index (χ4n) is 1.97. The standard InChI is InChI=1S/C10H15N3O4/c1-7(14)13(17)9-3-2-8(4-11)12(5-9)6-10(15)16/h8-9,17H,2-3,5-6H2,1H3,(H,15,16). The molecule has 7 nitrogen and oxygen atoms in total. The summed E-state index contributed by atoms with van der Waals surface area (Å²) in [6, 6.07) is 1.11. The molecule has 0 radical (unpaired) electrons. The second kappa shape index (κ2) is 5.61. The molecule has 0 aliphatic carbocycles. The molecule has 94 valence electrons. The van der Waals surface area contributed by atoms with Crippen molar-refractivity contribution in [3.05, 3.63) is 0 Å². The molecule has 2 atom stereocenters. The van der Waals surface area contributed by atoms with Crippen molar-refractivity contribution in [1.29, 1.82) is 5.26 Å². The first kappa shape index (κ1) is 13.4. The van der Waals surface area contributed by atoms with Crippen molar-refractivity contribution in [2.75, 3.05) is 13.1 Å². The zero-order chi connectivity index (χ0) is 13.0. The zero-order valence-electron chi connectivity index (χ0n) is 9.54. The Morgan fingerprint density at radius 3 is 2.65 bits per heavy atom. The SMILES string of the molecule is CC(=O)N(O)C1CCC(C#N)N(CC(=O)O)C1. The number of carbonyl (C=O) groups is 2. The number of carboxylic acids is 1. The molecule has 1 rings (SSSR count). The molecule has 0 saturated carbocycles. The Bertz CT molecular complexity index is 352. The number of hydrogen-bond donors (Lipinski definition) is 2. The number of carbonyl (C=O) groups excluding carboxylic acids is 1. The molecule has 7 heteroatoms. The van der Waals surface area contributed by atoms with Crippen molar-refractivity contribution in [1.82, 2.24) is 9.96 Å². The summed E-state index contributed by atoms with van der Waals surface area (Å²) < 4.78 is 0. The maximum Gasteiger partial charge on any atom is 0.317 e.